The van der Waals surface area contributed by atoms with Gasteiger partial charge in [-0.15, -0.1) is 0 Å². The third-order valence-corrected chi connectivity index (χ3v) is 9.46. The molecule has 0 radical (unpaired) electrons. The molecule has 7 aromatic carbocycles. The average molecular weight is 718 g/mol. The van der Waals surface area contributed by atoms with E-state index >= 15 is 0 Å². The van der Waals surface area contributed by atoms with E-state index < -0.39 is 0 Å². The second kappa shape index (κ2) is 15.2. The molecule has 2 heterocycles. The highest BCUT2D eigenvalue weighted by Crippen LogP contribution is 2.34. The molecule has 0 fully saturated rings. The van der Waals surface area contributed by atoms with Gasteiger partial charge in [0.2, 0.25) is 0 Å². The Morgan fingerprint density at radius 1 is 0.268 bits per heavy atom. The first-order chi connectivity index (χ1) is 27.7. The molecule has 7 nitrogen and oxygen atoms in total. The van der Waals surface area contributed by atoms with Crippen LogP contribution in [0, 0.1) is 11.3 Å². The van der Waals surface area contributed by atoms with Crippen molar-refractivity contribution in [1.29, 1.82) is 5.26 Å². The zero-order valence-electron chi connectivity index (χ0n) is 30.0. The summed E-state index contributed by atoms with van der Waals surface area (Å²) in [5.74, 6) is 3.54. The zero-order chi connectivity index (χ0) is 37.7. The highest BCUT2D eigenvalue weighted by Gasteiger charge is 2.17. The van der Waals surface area contributed by atoms with Crippen molar-refractivity contribution in [1.82, 2.24) is 29.9 Å². The quantitative estimate of drug-likeness (QED) is 0.154. The largest absolute Gasteiger partial charge is 0.208 e. The average Bonchev–Trinajstić information content (AvgIpc) is 3.29. The summed E-state index contributed by atoms with van der Waals surface area (Å²) in [6.07, 6.45) is 0. The number of benzene rings is 7. The normalized spacial score (nSPS) is 10.8. The lowest BCUT2D eigenvalue weighted by atomic mass is 9.98. The highest BCUT2D eigenvalue weighted by atomic mass is 15.0. The molecule has 0 aliphatic carbocycles. The smallest absolute Gasteiger partial charge is 0.164 e. The van der Waals surface area contributed by atoms with Crippen LogP contribution in [0.4, 0.5) is 0 Å². The SMILES string of the molecule is N#Cc1ccc(-c2cccc(-c3nc(-c4ccccc4)nc(-c4ccc(-c5ccccc5-c5nc(-c6ccccc6)nc(-c6ccccc6)n5)cc4)n3)c2)cc1. The zero-order valence-corrected chi connectivity index (χ0v) is 30.0. The first-order valence-electron chi connectivity index (χ1n) is 18.2. The van der Waals surface area contributed by atoms with E-state index in [0.29, 0.717) is 40.5 Å². The van der Waals surface area contributed by atoms with Gasteiger partial charge in [-0.05, 0) is 40.5 Å². The Morgan fingerprint density at radius 3 is 1.12 bits per heavy atom. The summed E-state index contributed by atoms with van der Waals surface area (Å²) in [7, 11) is 0. The summed E-state index contributed by atoms with van der Waals surface area (Å²) < 4.78 is 0. The van der Waals surface area contributed by atoms with Gasteiger partial charge in [0.15, 0.2) is 34.9 Å². The molecule has 7 heteroatoms. The van der Waals surface area contributed by atoms with Gasteiger partial charge in [0, 0.05) is 33.4 Å². The maximum absolute atomic E-state index is 9.28. The topological polar surface area (TPSA) is 101 Å². The number of nitriles is 1. The van der Waals surface area contributed by atoms with Crippen LogP contribution in [0.1, 0.15) is 5.56 Å². The van der Waals surface area contributed by atoms with E-state index in [1.54, 1.807) is 0 Å². The number of rotatable bonds is 8. The summed E-state index contributed by atoms with van der Waals surface area (Å²) in [5, 5.41) is 9.28. The van der Waals surface area contributed by atoms with Crippen LogP contribution < -0.4 is 0 Å². The lowest BCUT2D eigenvalue weighted by Crippen LogP contribution is -2.01. The molecule has 262 valence electrons. The summed E-state index contributed by atoms with van der Waals surface area (Å²) in [6.45, 7) is 0. The Morgan fingerprint density at radius 2 is 0.625 bits per heavy atom. The van der Waals surface area contributed by atoms with Crippen molar-refractivity contribution < 1.29 is 0 Å². The molecule has 0 spiro atoms. The fraction of sp³-hybridized carbons (Fsp3) is 0. The molecule has 56 heavy (non-hydrogen) atoms. The van der Waals surface area contributed by atoms with Crippen molar-refractivity contribution >= 4 is 0 Å². The van der Waals surface area contributed by atoms with E-state index in [0.717, 1.165) is 55.6 Å². The molecule has 0 unspecified atom stereocenters. The van der Waals surface area contributed by atoms with Crippen LogP contribution in [0.25, 0.3) is 90.6 Å². The van der Waals surface area contributed by atoms with Crippen LogP contribution in [0.3, 0.4) is 0 Å². The van der Waals surface area contributed by atoms with Gasteiger partial charge < -0.3 is 0 Å². The van der Waals surface area contributed by atoms with Gasteiger partial charge in [0.1, 0.15) is 0 Å². The first kappa shape index (κ1) is 33.9. The van der Waals surface area contributed by atoms with Gasteiger partial charge in [-0.3, -0.25) is 0 Å². The molecule has 2 aromatic heterocycles. The molecular formula is C49H31N7. The minimum Gasteiger partial charge on any atom is -0.208 e. The molecule has 0 N–H and O–H groups in total. The summed E-state index contributed by atoms with van der Waals surface area (Å²) >= 11 is 0. The summed E-state index contributed by atoms with van der Waals surface area (Å²) in [4.78, 5) is 29.8. The molecule has 0 atom stereocenters. The van der Waals surface area contributed by atoms with E-state index in [2.05, 4.69) is 36.4 Å². The van der Waals surface area contributed by atoms with E-state index in [1.165, 1.54) is 0 Å². The van der Waals surface area contributed by atoms with Gasteiger partial charge in [-0.1, -0.05) is 170 Å². The lowest BCUT2D eigenvalue weighted by Gasteiger charge is -2.13. The predicted octanol–water partition coefficient (Wildman–Crippen LogP) is 11.3. The Bertz CT molecular complexity index is 2780. The molecular weight excluding hydrogens is 687 g/mol. The molecule has 9 rings (SSSR count). The molecule has 0 amide bonds. The first-order valence-corrected chi connectivity index (χ1v) is 18.2. The van der Waals surface area contributed by atoms with Crippen molar-refractivity contribution in [2.75, 3.05) is 0 Å². The Hall–Kier alpha value is -7.95. The van der Waals surface area contributed by atoms with Gasteiger partial charge in [-0.2, -0.15) is 5.26 Å². The van der Waals surface area contributed by atoms with Gasteiger partial charge in [-0.25, -0.2) is 29.9 Å². The Balaban J connectivity index is 1.11. The summed E-state index contributed by atoms with van der Waals surface area (Å²) in [6, 6.07) is 64.3. The Kier molecular flexibility index (Phi) is 9.18. The third kappa shape index (κ3) is 7.06. The Labute approximate surface area is 324 Å². The predicted molar refractivity (Wildman–Crippen MR) is 221 cm³/mol. The second-order valence-electron chi connectivity index (χ2n) is 13.1. The lowest BCUT2D eigenvalue weighted by molar-refractivity contribution is 1.07. The van der Waals surface area contributed by atoms with Gasteiger partial charge in [0.25, 0.3) is 0 Å². The van der Waals surface area contributed by atoms with Crippen molar-refractivity contribution in [3.8, 4) is 96.7 Å². The standard InChI is InChI=1S/C49H31N7/c50-32-33-23-25-34(26-24-33)40-19-12-20-41(31-40)48-53-44(36-13-4-1-5-14-36)51-47(54-48)39-29-27-35(28-30-39)42-21-10-11-22-43(42)49-55-45(37-15-6-2-7-16-37)52-46(56-49)38-17-8-3-9-18-38/h1-31H. The van der Waals surface area contributed by atoms with Crippen LogP contribution in [0.5, 0.6) is 0 Å². The van der Waals surface area contributed by atoms with E-state index in [4.69, 9.17) is 29.9 Å². The molecule has 0 saturated carbocycles. The molecule has 0 aliphatic rings. The molecule has 9 aromatic rings. The van der Waals surface area contributed by atoms with Crippen LogP contribution in [0.15, 0.2) is 188 Å². The second-order valence-corrected chi connectivity index (χ2v) is 13.1. The molecule has 0 saturated heterocycles. The molecule has 0 aliphatic heterocycles. The van der Waals surface area contributed by atoms with Crippen LogP contribution in [0.2, 0.25) is 0 Å². The fourth-order valence-electron chi connectivity index (χ4n) is 6.58. The van der Waals surface area contributed by atoms with E-state index in [1.807, 2.05) is 158 Å². The van der Waals surface area contributed by atoms with Crippen molar-refractivity contribution in [3.05, 3.63) is 194 Å². The maximum Gasteiger partial charge on any atom is 0.164 e. The number of aromatic nitrogens is 6. The fourth-order valence-corrected chi connectivity index (χ4v) is 6.58. The monoisotopic (exact) mass is 717 g/mol. The van der Waals surface area contributed by atoms with Crippen LogP contribution in [-0.4, -0.2) is 29.9 Å². The molecule has 0 bridgehead atoms. The number of hydrogen-bond acceptors (Lipinski definition) is 7. The van der Waals surface area contributed by atoms with Crippen LogP contribution in [-0.2, 0) is 0 Å². The van der Waals surface area contributed by atoms with Gasteiger partial charge >= 0.3 is 0 Å². The number of nitrogens with zero attached hydrogens (tertiary/aromatic N) is 7. The maximum atomic E-state index is 9.28. The van der Waals surface area contributed by atoms with E-state index in [9.17, 15) is 5.26 Å². The minimum absolute atomic E-state index is 0.565. The van der Waals surface area contributed by atoms with Crippen molar-refractivity contribution in [2.24, 2.45) is 0 Å². The highest BCUT2D eigenvalue weighted by molar-refractivity contribution is 5.83. The third-order valence-electron chi connectivity index (χ3n) is 9.46. The summed E-state index contributed by atoms with van der Waals surface area (Å²) in [5.41, 5.74) is 9.96. The van der Waals surface area contributed by atoms with Gasteiger partial charge in [0.05, 0.1) is 11.6 Å². The van der Waals surface area contributed by atoms with E-state index in [-0.39, 0.29) is 0 Å². The van der Waals surface area contributed by atoms with Crippen molar-refractivity contribution in [3.63, 3.8) is 0 Å². The van der Waals surface area contributed by atoms with Crippen molar-refractivity contribution in [2.45, 2.75) is 0 Å². The number of hydrogen-bond donors (Lipinski definition) is 0. The minimum atomic E-state index is 0.565. The van der Waals surface area contributed by atoms with Crippen LogP contribution >= 0.6 is 0 Å².